The molecule has 4 heteroatoms. The van der Waals surface area contributed by atoms with Crippen molar-refractivity contribution < 1.29 is 19.2 Å². The van der Waals surface area contributed by atoms with Crippen LogP contribution in [0, 0.1) is 10.8 Å². The molecule has 0 saturated heterocycles. The lowest BCUT2D eigenvalue weighted by Crippen LogP contribution is -2.44. The van der Waals surface area contributed by atoms with Gasteiger partial charge in [-0.25, -0.2) is 0 Å². The van der Waals surface area contributed by atoms with Crippen LogP contribution in [0.1, 0.15) is 59.8 Å². The lowest BCUT2D eigenvalue weighted by molar-refractivity contribution is -0.144. The van der Waals surface area contributed by atoms with Gasteiger partial charge in [0.1, 0.15) is 28.5 Å². The standard InChI is InChI=1S/C17H24O4/c1-11(16(5,12(2)18)13(3)19)10-17(14(4)20)9-7-6-8-15(17)21/h1,6-10H2,2-5H3. The molecule has 1 fully saturated rings. The van der Waals surface area contributed by atoms with E-state index in [2.05, 4.69) is 6.58 Å². The highest BCUT2D eigenvalue weighted by Crippen LogP contribution is 2.44. The van der Waals surface area contributed by atoms with E-state index in [-0.39, 0.29) is 29.6 Å². The van der Waals surface area contributed by atoms with Crippen LogP contribution in [0.2, 0.25) is 0 Å². The molecule has 0 heterocycles. The summed E-state index contributed by atoms with van der Waals surface area (Å²) < 4.78 is 0. The molecule has 0 radical (unpaired) electrons. The monoisotopic (exact) mass is 292 g/mol. The second kappa shape index (κ2) is 6.04. The van der Waals surface area contributed by atoms with Gasteiger partial charge in [0, 0.05) is 6.42 Å². The molecular weight excluding hydrogens is 268 g/mol. The highest BCUT2D eigenvalue weighted by atomic mass is 16.2. The van der Waals surface area contributed by atoms with Crippen molar-refractivity contribution in [3.63, 3.8) is 0 Å². The number of hydrogen-bond acceptors (Lipinski definition) is 4. The SMILES string of the molecule is C=C(CC1(C(C)=O)CCCCC1=O)C(C)(C(C)=O)C(C)=O. The van der Waals surface area contributed by atoms with E-state index in [0.29, 0.717) is 18.4 Å². The van der Waals surface area contributed by atoms with Gasteiger partial charge in [-0.2, -0.15) is 0 Å². The van der Waals surface area contributed by atoms with Crippen molar-refractivity contribution in [3.8, 4) is 0 Å². The number of carbonyl (C=O) groups is 4. The molecule has 0 amide bonds. The largest absolute Gasteiger partial charge is 0.299 e. The van der Waals surface area contributed by atoms with Crippen molar-refractivity contribution in [2.24, 2.45) is 10.8 Å². The Labute approximate surface area is 126 Å². The van der Waals surface area contributed by atoms with Crippen LogP contribution in [-0.4, -0.2) is 23.1 Å². The average Bonchev–Trinajstić information content (AvgIpc) is 2.39. The van der Waals surface area contributed by atoms with Crippen LogP contribution >= 0.6 is 0 Å². The van der Waals surface area contributed by atoms with Crippen LogP contribution in [-0.2, 0) is 19.2 Å². The third-order valence-electron chi connectivity index (χ3n) is 5.10. The van der Waals surface area contributed by atoms with E-state index in [1.165, 1.54) is 27.7 Å². The molecule has 1 rings (SSSR count). The molecule has 0 aromatic carbocycles. The van der Waals surface area contributed by atoms with Crippen molar-refractivity contribution in [1.82, 2.24) is 0 Å². The number of hydrogen-bond donors (Lipinski definition) is 0. The molecule has 116 valence electrons. The fourth-order valence-electron chi connectivity index (χ4n) is 3.06. The first kappa shape index (κ1) is 17.5. The summed E-state index contributed by atoms with van der Waals surface area (Å²) in [6.07, 6.45) is 2.54. The Morgan fingerprint density at radius 1 is 1.14 bits per heavy atom. The number of carbonyl (C=O) groups excluding carboxylic acids is 4. The van der Waals surface area contributed by atoms with Gasteiger partial charge in [-0.15, -0.1) is 0 Å². The van der Waals surface area contributed by atoms with E-state index in [1.807, 2.05) is 0 Å². The van der Waals surface area contributed by atoms with Gasteiger partial charge in [0.2, 0.25) is 0 Å². The molecule has 0 aliphatic heterocycles. The van der Waals surface area contributed by atoms with Gasteiger partial charge in [0.25, 0.3) is 0 Å². The number of ketones is 4. The van der Waals surface area contributed by atoms with Crippen LogP contribution in [0.4, 0.5) is 0 Å². The van der Waals surface area contributed by atoms with Crippen molar-refractivity contribution >= 4 is 23.1 Å². The molecular formula is C17H24O4. The van der Waals surface area contributed by atoms with Gasteiger partial charge < -0.3 is 0 Å². The molecule has 1 aliphatic carbocycles. The molecule has 1 atom stereocenters. The second-order valence-electron chi connectivity index (χ2n) is 6.29. The normalized spacial score (nSPS) is 22.8. The van der Waals surface area contributed by atoms with Gasteiger partial charge >= 0.3 is 0 Å². The zero-order valence-corrected chi connectivity index (χ0v) is 13.4. The topological polar surface area (TPSA) is 68.3 Å². The maximum atomic E-state index is 12.3. The van der Waals surface area contributed by atoms with E-state index >= 15 is 0 Å². The van der Waals surface area contributed by atoms with Gasteiger partial charge in [0.15, 0.2) is 0 Å². The molecule has 0 spiro atoms. The summed E-state index contributed by atoms with van der Waals surface area (Å²) in [7, 11) is 0. The Hall–Kier alpha value is -1.58. The number of allylic oxidation sites excluding steroid dienone is 1. The van der Waals surface area contributed by atoms with Crippen LogP contribution < -0.4 is 0 Å². The van der Waals surface area contributed by atoms with Gasteiger partial charge in [0.05, 0.1) is 5.41 Å². The Morgan fingerprint density at radius 3 is 2.05 bits per heavy atom. The van der Waals surface area contributed by atoms with Crippen LogP contribution in [0.3, 0.4) is 0 Å². The molecule has 1 unspecified atom stereocenters. The number of Topliss-reactive ketones (excluding diaryl/α,β-unsaturated/α-hetero) is 4. The average molecular weight is 292 g/mol. The smallest absolute Gasteiger partial charge is 0.147 e. The van der Waals surface area contributed by atoms with Crippen LogP contribution in [0.5, 0.6) is 0 Å². The summed E-state index contributed by atoms with van der Waals surface area (Å²) in [4.78, 5) is 48.2. The summed E-state index contributed by atoms with van der Waals surface area (Å²) in [5.74, 6) is -0.886. The first-order valence-corrected chi connectivity index (χ1v) is 7.33. The lowest BCUT2D eigenvalue weighted by atomic mass is 9.62. The molecule has 21 heavy (non-hydrogen) atoms. The first-order valence-electron chi connectivity index (χ1n) is 7.33. The minimum Gasteiger partial charge on any atom is -0.299 e. The third-order valence-corrected chi connectivity index (χ3v) is 5.10. The summed E-state index contributed by atoms with van der Waals surface area (Å²) in [5.41, 5.74) is -2.05. The molecule has 4 nitrogen and oxygen atoms in total. The molecule has 0 aromatic heterocycles. The first-order chi connectivity index (χ1) is 9.59. The summed E-state index contributed by atoms with van der Waals surface area (Å²) in [6.45, 7) is 9.51. The fourth-order valence-corrected chi connectivity index (χ4v) is 3.06. The maximum Gasteiger partial charge on any atom is 0.147 e. The van der Waals surface area contributed by atoms with Crippen LogP contribution in [0.15, 0.2) is 12.2 Å². The van der Waals surface area contributed by atoms with Crippen molar-refractivity contribution in [2.45, 2.75) is 59.8 Å². The van der Waals surface area contributed by atoms with Gasteiger partial charge in [-0.05, 0) is 47.0 Å². The summed E-state index contributed by atoms with van der Waals surface area (Å²) >= 11 is 0. The van der Waals surface area contributed by atoms with Crippen molar-refractivity contribution in [2.75, 3.05) is 0 Å². The quantitative estimate of drug-likeness (QED) is 0.557. The minimum absolute atomic E-state index is 0.0862. The second-order valence-corrected chi connectivity index (χ2v) is 6.29. The molecule has 0 aromatic rings. The molecule has 0 bridgehead atoms. The minimum atomic E-state index is -1.32. The predicted molar refractivity (Wildman–Crippen MR) is 79.8 cm³/mol. The third kappa shape index (κ3) is 2.89. The van der Waals surface area contributed by atoms with E-state index in [9.17, 15) is 19.2 Å². The zero-order chi connectivity index (χ0) is 16.4. The Balaban J connectivity index is 3.18. The Morgan fingerprint density at radius 2 is 1.67 bits per heavy atom. The zero-order valence-electron chi connectivity index (χ0n) is 13.4. The molecule has 1 saturated carbocycles. The highest BCUT2D eigenvalue weighted by Gasteiger charge is 2.48. The van der Waals surface area contributed by atoms with E-state index in [4.69, 9.17) is 0 Å². The van der Waals surface area contributed by atoms with E-state index in [0.717, 1.165) is 12.8 Å². The van der Waals surface area contributed by atoms with E-state index in [1.54, 1.807) is 0 Å². The summed E-state index contributed by atoms with van der Waals surface area (Å²) in [6, 6.07) is 0. The maximum absolute atomic E-state index is 12.3. The van der Waals surface area contributed by atoms with E-state index < -0.39 is 10.8 Å². The summed E-state index contributed by atoms with van der Waals surface area (Å²) in [5, 5.41) is 0. The Kier molecular flexibility index (Phi) is 5.03. The lowest BCUT2D eigenvalue weighted by Gasteiger charge is -2.37. The van der Waals surface area contributed by atoms with Gasteiger partial charge in [-0.1, -0.05) is 18.6 Å². The predicted octanol–water partition coefficient (Wildman–Crippen LogP) is 2.84. The fraction of sp³-hybridized carbons (Fsp3) is 0.647. The molecule has 1 aliphatic rings. The van der Waals surface area contributed by atoms with Crippen molar-refractivity contribution in [3.05, 3.63) is 12.2 Å². The van der Waals surface area contributed by atoms with Crippen LogP contribution in [0.25, 0.3) is 0 Å². The Bertz CT molecular complexity index is 501. The number of rotatable bonds is 6. The highest BCUT2D eigenvalue weighted by molar-refractivity contribution is 6.09. The van der Waals surface area contributed by atoms with Gasteiger partial charge in [-0.3, -0.25) is 19.2 Å². The molecule has 0 N–H and O–H groups in total. The van der Waals surface area contributed by atoms with Crippen molar-refractivity contribution in [1.29, 1.82) is 0 Å².